The summed E-state index contributed by atoms with van der Waals surface area (Å²) in [5, 5.41) is 11.7. The smallest absolute Gasteiger partial charge is 0.272 e. The molecule has 0 saturated heterocycles. The fraction of sp³-hybridized carbons (Fsp3) is 0.250. The highest BCUT2D eigenvalue weighted by Gasteiger charge is 2.31. The van der Waals surface area contributed by atoms with Gasteiger partial charge >= 0.3 is 0 Å². The van der Waals surface area contributed by atoms with E-state index in [4.69, 9.17) is 10.0 Å². The molecule has 1 aromatic heterocycles. The molecule has 170 valence electrons. The first kappa shape index (κ1) is 22.7. The number of nitrogens with zero attached hydrogens (tertiary/aromatic N) is 2. The third kappa shape index (κ3) is 4.67. The van der Waals surface area contributed by atoms with Crippen LogP contribution in [0.2, 0.25) is 0 Å². The Kier molecular flexibility index (Phi) is 6.06. The van der Waals surface area contributed by atoms with E-state index in [0.29, 0.717) is 35.4 Å². The van der Waals surface area contributed by atoms with Crippen LogP contribution in [-0.4, -0.2) is 20.7 Å². The molecule has 0 bridgehead atoms. The van der Waals surface area contributed by atoms with Gasteiger partial charge in [0.1, 0.15) is 27.5 Å². The summed E-state index contributed by atoms with van der Waals surface area (Å²) >= 11 is 0. The van der Waals surface area contributed by atoms with Crippen LogP contribution < -0.4 is 10.0 Å². The summed E-state index contributed by atoms with van der Waals surface area (Å²) < 4.78 is 40.0. The molecule has 1 aliphatic heterocycles. The lowest BCUT2D eigenvalue weighted by molar-refractivity contribution is 0.101. The molecule has 0 fully saturated rings. The van der Waals surface area contributed by atoms with E-state index < -0.39 is 21.6 Å². The van der Waals surface area contributed by atoms with Crippen LogP contribution in [-0.2, 0) is 29.8 Å². The molecule has 3 aromatic rings. The number of carbonyl (C=O) groups excluding carboxylic acids is 1. The normalized spacial score (nSPS) is 19.9. The topological polar surface area (TPSA) is 111 Å². The number of halogens is 1. The van der Waals surface area contributed by atoms with Gasteiger partial charge in [-0.1, -0.05) is 29.8 Å². The van der Waals surface area contributed by atoms with E-state index in [9.17, 15) is 13.4 Å². The second kappa shape index (κ2) is 8.81. The predicted molar refractivity (Wildman–Crippen MR) is 124 cm³/mol. The van der Waals surface area contributed by atoms with Crippen molar-refractivity contribution in [3.63, 3.8) is 0 Å². The number of nitrogens with one attached hydrogen (secondary N) is 3. The van der Waals surface area contributed by atoms with Gasteiger partial charge in [0.15, 0.2) is 0 Å². The summed E-state index contributed by atoms with van der Waals surface area (Å²) in [4.78, 5) is 13.4. The zero-order valence-corrected chi connectivity index (χ0v) is 19.1. The second-order valence-corrected chi connectivity index (χ2v) is 10.1. The van der Waals surface area contributed by atoms with Crippen LogP contribution in [0.15, 0.2) is 53.6 Å². The maximum absolute atomic E-state index is 13.6. The van der Waals surface area contributed by atoms with Gasteiger partial charge in [0, 0.05) is 30.5 Å². The molecule has 3 N–H and O–H groups in total. The molecule has 1 amide bonds. The molecular formula is C24H24FN5O2S. The monoisotopic (exact) mass is 465 g/mol. The highest BCUT2D eigenvalue weighted by Crippen LogP contribution is 2.29. The zero-order chi connectivity index (χ0) is 23.8. The van der Waals surface area contributed by atoms with E-state index >= 15 is 0 Å². The number of nitriles is 1. The number of aromatic nitrogens is 1. The molecule has 2 aromatic carbocycles. The summed E-state index contributed by atoms with van der Waals surface area (Å²) in [6.45, 7) is 2.01. The van der Waals surface area contributed by atoms with E-state index in [1.165, 1.54) is 12.1 Å². The number of fused-ring (bicyclic) bond motifs is 1. The van der Waals surface area contributed by atoms with Gasteiger partial charge in [-0.2, -0.15) is 5.26 Å². The number of amides is 1. The van der Waals surface area contributed by atoms with Gasteiger partial charge in [-0.3, -0.25) is 4.79 Å². The molecule has 33 heavy (non-hydrogen) atoms. The van der Waals surface area contributed by atoms with Crippen molar-refractivity contribution in [2.75, 3.05) is 5.32 Å². The first-order chi connectivity index (χ1) is 15.7. The molecule has 2 heterocycles. The van der Waals surface area contributed by atoms with Crippen molar-refractivity contribution in [1.82, 2.24) is 9.29 Å². The number of rotatable bonds is 4. The fourth-order valence-corrected chi connectivity index (χ4v) is 5.79. The minimum atomic E-state index is -3.32. The molecule has 1 unspecified atom stereocenters. The maximum atomic E-state index is 13.6. The summed E-state index contributed by atoms with van der Waals surface area (Å²) in [7, 11) is -1.66. The molecule has 4 rings (SSSR count). The number of benzene rings is 2. The van der Waals surface area contributed by atoms with Gasteiger partial charge in [0.25, 0.3) is 5.91 Å². The van der Waals surface area contributed by atoms with Crippen LogP contribution in [0.1, 0.15) is 39.2 Å². The summed E-state index contributed by atoms with van der Waals surface area (Å²) in [6.07, 6.45) is 3.27. The Morgan fingerprint density at radius 3 is 2.76 bits per heavy atom. The van der Waals surface area contributed by atoms with E-state index in [1.807, 2.05) is 31.2 Å². The summed E-state index contributed by atoms with van der Waals surface area (Å²) in [5.41, 5.74) is 3.22. The Hall–Kier alpha value is -3.48. The second-order valence-electron chi connectivity index (χ2n) is 8.29. The Morgan fingerprint density at radius 1 is 1.33 bits per heavy atom. The Labute approximate surface area is 192 Å². The predicted octanol–water partition coefficient (Wildman–Crippen LogP) is 4.06. The van der Waals surface area contributed by atoms with Gasteiger partial charge in [-0.05, 0) is 49.9 Å². The van der Waals surface area contributed by atoms with Gasteiger partial charge in [-0.25, -0.2) is 18.1 Å². The first-order valence-electron chi connectivity index (χ1n) is 10.5. The van der Waals surface area contributed by atoms with Crippen molar-refractivity contribution in [2.45, 2.75) is 37.1 Å². The van der Waals surface area contributed by atoms with Crippen LogP contribution in [0.25, 0.3) is 0 Å². The molecule has 0 aliphatic carbocycles. The van der Waals surface area contributed by atoms with Crippen LogP contribution in [0.5, 0.6) is 0 Å². The van der Waals surface area contributed by atoms with E-state index in [-0.39, 0.29) is 17.3 Å². The fourth-order valence-electron chi connectivity index (χ4n) is 4.14. The highest BCUT2D eigenvalue weighted by molar-refractivity contribution is 7.90. The van der Waals surface area contributed by atoms with E-state index in [2.05, 4.69) is 10.0 Å². The van der Waals surface area contributed by atoms with Gasteiger partial charge in [-0.15, -0.1) is 0 Å². The standard InChI is InChI=1S/C24H24FN5O2S/c1-15-3-5-16(6-4-15)11-19-7-9-20-22(33(27,32)29-19)14-30(2)23(20)24(31)28-18-8-10-21(25)17(12-18)13-26/h3-6,8,10,12,14,19H,7,9,11H2,1-2H3,(H,28,31)(H2,27,29,32)/t19-,33?/m1/s1. The molecule has 7 nitrogen and oxygen atoms in total. The lowest BCUT2D eigenvalue weighted by atomic mass is 9.99. The zero-order valence-electron chi connectivity index (χ0n) is 18.3. The van der Waals surface area contributed by atoms with Gasteiger partial charge < -0.3 is 9.88 Å². The Balaban J connectivity index is 1.61. The Bertz CT molecular complexity index is 1370. The van der Waals surface area contributed by atoms with E-state index in [1.54, 1.807) is 23.9 Å². The highest BCUT2D eigenvalue weighted by atomic mass is 32.2. The largest absolute Gasteiger partial charge is 0.345 e. The van der Waals surface area contributed by atoms with Crippen LogP contribution in [0.4, 0.5) is 10.1 Å². The average molecular weight is 466 g/mol. The quantitative estimate of drug-likeness (QED) is 0.540. The third-order valence-electron chi connectivity index (χ3n) is 5.79. The number of hydrogen-bond acceptors (Lipinski definition) is 4. The molecule has 0 radical (unpaired) electrons. The minimum Gasteiger partial charge on any atom is -0.345 e. The molecule has 2 atom stereocenters. The van der Waals surface area contributed by atoms with Gasteiger partial charge in [0.2, 0.25) is 0 Å². The number of anilines is 1. The van der Waals surface area contributed by atoms with Crippen LogP contribution in [0, 0.1) is 28.9 Å². The van der Waals surface area contributed by atoms with Crippen molar-refractivity contribution >= 4 is 21.5 Å². The molecule has 1 aliphatic rings. The third-order valence-corrected chi connectivity index (χ3v) is 7.43. The van der Waals surface area contributed by atoms with Gasteiger partial charge in [0.05, 0.1) is 10.5 Å². The maximum Gasteiger partial charge on any atom is 0.272 e. The van der Waals surface area contributed by atoms with Crippen molar-refractivity contribution < 1.29 is 13.4 Å². The van der Waals surface area contributed by atoms with Crippen molar-refractivity contribution in [2.24, 2.45) is 7.05 Å². The first-order valence-corrected chi connectivity index (χ1v) is 12.0. The average Bonchev–Trinajstić information content (AvgIpc) is 3.06. The lowest BCUT2D eigenvalue weighted by Gasteiger charge is -2.17. The van der Waals surface area contributed by atoms with E-state index in [0.717, 1.165) is 17.2 Å². The van der Waals surface area contributed by atoms with Crippen LogP contribution in [0.3, 0.4) is 0 Å². The SMILES string of the molecule is Cc1ccc(C[C@H]2CCc3c(cn(C)c3C(=O)Nc3ccc(F)c(C#N)c3)S(=N)(=O)N2)cc1. The summed E-state index contributed by atoms with van der Waals surface area (Å²) in [5.74, 6) is -1.13. The van der Waals surface area contributed by atoms with Crippen molar-refractivity contribution in [3.8, 4) is 6.07 Å². The lowest BCUT2D eigenvalue weighted by Crippen LogP contribution is -2.34. The summed E-state index contributed by atoms with van der Waals surface area (Å²) in [6, 6.07) is 13.4. The molecule has 0 spiro atoms. The number of aryl methyl sites for hydroxylation is 2. The number of hydrogen-bond donors (Lipinski definition) is 3. The minimum absolute atomic E-state index is 0.171. The van der Waals surface area contributed by atoms with Crippen LogP contribution >= 0.6 is 0 Å². The number of carbonyl (C=O) groups is 1. The van der Waals surface area contributed by atoms with Crippen molar-refractivity contribution in [1.29, 1.82) is 10.0 Å². The van der Waals surface area contributed by atoms with Crippen molar-refractivity contribution in [3.05, 3.63) is 82.4 Å². The molecular weight excluding hydrogens is 441 g/mol. The molecule has 0 saturated carbocycles. The Morgan fingerprint density at radius 2 is 2.06 bits per heavy atom. The molecule has 9 heteroatoms.